The van der Waals surface area contributed by atoms with E-state index in [0.717, 1.165) is 56.6 Å². The van der Waals surface area contributed by atoms with Crippen molar-refractivity contribution in [1.82, 2.24) is 15.5 Å². The molecule has 12 atom stereocenters. The van der Waals surface area contributed by atoms with Crippen LogP contribution in [0.2, 0.25) is 0 Å². The normalized spacial score (nSPS) is 47.8. The highest BCUT2D eigenvalue weighted by Gasteiger charge is 2.69. The second kappa shape index (κ2) is 12.7. The number of fused-ring (bicyclic) bond motifs is 7. The Bertz CT molecular complexity index is 1080. The third-order valence-corrected chi connectivity index (χ3v) is 15.0. The van der Waals surface area contributed by atoms with Gasteiger partial charge in [-0.05, 0) is 143 Å². The number of rotatable bonds is 7. The zero-order valence-corrected chi connectivity index (χ0v) is 28.9. The second-order valence-corrected chi connectivity index (χ2v) is 17.5. The summed E-state index contributed by atoms with van der Waals surface area (Å²) < 4.78 is 13.5. The van der Waals surface area contributed by atoms with Crippen LogP contribution >= 0.6 is 0 Å². The van der Waals surface area contributed by atoms with Crippen LogP contribution in [-0.2, 0) is 19.1 Å². The van der Waals surface area contributed by atoms with Crippen molar-refractivity contribution < 1.29 is 19.1 Å². The summed E-state index contributed by atoms with van der Waals surface area (Å²) in [5, 5.41) is 6.27. The molecule has 4 saturated carbocycles. The number of nitrogens with zero attached hydrogens (tertiary/aromatic N) is 1. The molecule has 7 aliphatic rings. The molecule has 7 fully saturated rings. The molecule has 4 aliphatic carbocycles. The monoisotopic (exact) mass is 625 g/mol. The van der Waals surface area contributed by atoms with E-state index in [1.165, 1.54) is 77.3 Å². The van der Waals surface area contributed by atoms with Gasteiger partial charge in [0.15, 0.2) is 5.79 Å². The van der Waals surface area contributed by atoms with Gasteiger partial charge in [0.2, 0.25) is 11.8 Å². The summed E-state index contributed by atoms with van der Waals surface area (Å²) in [7, 11) is 0. The van der Waals surface area contributed by atoms with E-state index in [1.807, 2.05) is 0 Å². The fourth-order valence-electron chi connectivity index (χ4n) is 12.6. The van der Waals surface area contributed by atoms with Crippen molar-refractivity contribution in [2.45, 2.75) is 142 Å². The Labute approximate surface area is 273 Å². The molecular weight excluding hydrogens is 562 g/mol. The molecule has 3 heterocycles. The Kier molecular flexibility index (Phi) is 9.13. The van der Waals surface area contributed by atoms with E-state index >= 15 is 0 Å². The van der Waals surface area contributed by atoms with E-state index in [4.69, 9.17) is 9.47 Å². The van der Waals surface area contributed by atoms with Gasteiger partial charge in [0, 0.05) is 24.9 Å². The number of carbonyl (C=O) groups is 2. The van der Waals surface area contributed by atoms with Crippen LogP contribution in [0.4, 0.5) is 0 Å². The van der Waals surface area contributed by atoms with Gasteiger partial charge in [0.1, 0.15) is 6.42 Å². The lowest BCUT2D eigenvalue weighted by molar-refractivity contribution is -0.273. The highest BCUT2D eigenvalue weighted by molar-refractivity contribution is 5.96. The first kappa shape index (κ1) is 32.4. The van der Waals surface area contributed by atoms with Crippen molar-refractivity contribution in [3.8, 4) is 0 Å². The van der Waals surface area contributed by atoms with Crippen LogP contribution in [0.5, 0.6) is 0 Å². The number of likely N-dealkylation sites (tertiary alicyclic amines) is 1. The SMILES string of the molecule is C[C@H]1CC[C@@]2(OC1)O[C@H]1C[C@H]3[C@@H]4CC[C@@H]5C[C@H](NC(=O)CC(=O)NCCCN6CCCCC6)CC[C@]5(C)[C@H]4CC[C@]3(C)[C@H]1[C@@H]2C. The molecule has 0 aromatic rings. The van der Waals surface area contributed by atoms with Crippen LogP contribution in [0.25, 0.3) is 0 Å². The van der Waals surface area contributed by atoms with E-state index in [2.05, 4.69) is 43.2 Å². The van der Waals surface area contributed by atoms with Gasteiger partial charge in [-0.2, -0.15) is 0 Å². The third-order valence-electron chi connectivity index (χ3n) is 15.0. The van der Waals surface area contributed by atoms with Crippen LogP contribution in [0, 0.1) is 52.3 Å². The topological polar surface area (TPSA) is 79.9 Å². The molecule has 3 saturated heterocycles. The van der Waals surface area contributed by atoms with Crippen LogP contribution < -0.4 is 10.6 Å². The lowest BCUT2D eigenvalue weighted by atomic mass is 9.44. The summed E-state index contributed by atoms with van der Waals surface area (Å²) in [5.41, 5.74) is 0.731. The summed E-state index contributed by atoms with van der Waals surface area (Å²) in [6.45, 7) is 14.9. The average Bonchev–Trinajstić information content (AvgIpc) is 3.47. The number of hydrogen-bond donors (Lipinski definition) is 2. The maximum Gasteiger partial charge on any atom is 0.229 e. The standard InChI is InChI=1S/C38H63N3O4/c1-25-11-16-38(44-24-25)26(2)35-32(45-38)22-31-29-10-9-27-21-28(12-14-36(27,3)30(29)13-15-37(31,35)4)40-34(43)23-33(42)39-17-8-20-41-18-6-5-7-19-41/h25-32,35H,5-24H2,1-4H3,(H,39,42)(H,40,43)/t25-,26-,27+,28+,29+,30-,31-,32-,35-,36-,37-,38+/m0/s1. The van der Waals surface area contributed by atoms with Gasteiger partial charge in [-0.25, -0.2) is 0 Å². The van der Waals surface area contributed by atoms with Gasteiger partial charge < -0.3 is 25.0 Å². The molecule has 7 rings (SSSR count). The van der Waals surface area contributed by atoms with Gasteiger partial charge in [0.25, 0.3) is 0 Å². The number of nitrogens with one attached hydrogen (secondary N) is 2. The average molecular weight is 626 g/mol. The number of piperidine rings is 1. The molecule has 2 amide bonds. The van der Waals surface area contributed by atoms with Crippen molar-refractivity contribution in [2.24, 2.45) is 52.3 Å². The van der Waals surface area contributed by atoms with Gasteiger partial charge in [0.05, 0.1) is 12.7 Å². The third kappa shape index (κ3) is 5.92. The summed E-state index contributed by atoms with van der Waals surface area (Å²) in [5.74, 6) is 4.23. The maximum absolute atomic E-state index is 12.9. The molecule has 0 unspecified atom stereocenters. The first-order valence-corrected chi connectivity index (χ1v) is 19.2. The Morgan fingerprint density at radius 3 is 2.44 bits per heavy atom. The van der Waals surface area contributed by atoms with Gasteiger partial charge in [-0.1, -0.05) is 34.1 Å². The van der Waals surface area contributed by atoms with Crippen LogP contribution in [-0.4, -0.2) is 67.4 Å². The predicted molar refractivity (Wildman–Crippen MR) is 176 cm³/mol. The van der Waals surface area contributed by atoms with Gasteiger partial charge in [-0.3, -0.25) is 9.59 Å². The Balaban J connectivity index is 0.898. The van der Waals surface area contributed by atoms with E-state index in [-0.39, 0.29) is 30.1 Å². The summed E-state index contributed by atoms with van der Waals surface area (Å²) >= 11 is 0. The van der Waals surface area contributed by atoms with E-state index in [1.54, 1.807) is 0 Å². The zero-order chi connectivity index (χ0) is 31.4. The van der Waals surface area contributed by atoms with E-state index in [0.29, 0.717) is 47.2 Å². The lowest BCUT2D eigenvalue weighted by Gasteiger charge is -2.61. The summed E-state index contributed by atoms with van der Waals surface area (Å²) in [6.07, 6.45) is 17.3. The van der Waals surface area contributed by atoms with Crippen molar-refractivity contribution in [3.05, 3.63) is 0 Å². The molecule has 2 N–H and O–H groups in total. The Hall–Kier alpha value is -1.18. The fraction of sp³-hybridized carbons (Fsp3) is 0.947. The molecule has 254 valence electrons. The first-order valence-electron chi connectivity index (χ1n) is 19.2. The molecule has 0 aromatic carbocycles. The van der Waals surface area contributed by atoms with Crippen molar-refractivity contribution in [1.29, 1.82) is 0 Å². The second-order valence-electron chi connectivity index (χ2n) is 17.5. The molecular formula is C38H63N3O4. The number of ether oxygens (including phenoxy) is 2. The highest BCUT2D eigenvalue weighted by Crippen LogP contribution is 2.71. The smallest absolute Gasteiger partial charge is 0.229 e. The largest absolute Gasteiger partial charge is 0.356 e. The minimum Gasteiger partial charge on any atom is -0.356 e. The zero-order valence-electron chi connectivity index (χ0n) is 28.9. The van der Waals surface area contributed by atoms with Crippen molar-refractivity contribution >= 4 is 11.8 Å². The molecule has 1 spiro atoms. The molecule has 0 radical (unpaired) electrons. The number of hydrogen-bond acceptors (Lipinski definition) is 5. The molecule has 0 bridgehead atoms. The fourth-order valence-corrected chi connectivity index (χ4v) is 12.6. The van der Waals surface area contributed by atoms with Crippen LogP contribution in [0.3, 0.4) is 0 Å². The molecule has 7 nitrogen and oxygen atoms in total. The summed E-state index contributed by atoms with van der Waals surface area (Å²) in [6, 6.07) is 0.211. The van der Waals surface area contributed by atoms with E-state index in [9.17, 15) is 9.59 Å². The van der Waals surface area contributed by atoms with Crippen LogP contribution in [0.1, 0.15) is 124 Å². The minimum atomic E-state index is -0.327. The molecule has 45 heavy (non-hydrogen) atoms. The first-order chi connectivity index (χ1) is 21.6. The summed E-state index contributed by atoms with van der Waals surface area (Å²) in [4.78, 5) is 27.9. The lowest BCUT2D eigenvalue weighted by Crippen LogP contribution is -2.56. The van der Waals surface area contributed by atoms with Crippen LogP contribution in [0.15, 0.2) is 0 Å². The number of carbonyl (C=O) groups excluding carboxylic acids is 2. The van der Waals surface area contributed by atoms with Crippen molar-refractivity contribution in [3.63, 3.8) is 0 Å². The molecule has 3 aliphatic heterocycles. The molecule has 0 aromatic heterocycles. The maximum atomic E-state index is 12.9. The highest BCUT2D eigenvalue weighted by atomic mass is 16.7. The molecule has 7 heteroatoms. The van der Waals surface area contributed by atoms with E-state index < -0.39 is 0 Å². The quantitative estimate of drug-likeness (QED) is 0.257. The number of amides is 2. The predicted octanol–water partition coefficient (Wildman–Crippen LogP) is 6.30. The minimum absolute atomic E-state index is 0.0404. The van der Waals surface area contributed by atoms with Gasteiger partial charge in [-0.15, -0.1) is 0 Å². The van der Waals surface area contributed by atoms with Crippen molar-refractivity contribution in [2.75, 3.05) is 32.8 Å². The Morgan fingerprint density at radius 2 is 1.67 bits per heavy atom. The Morgan fingerprint density at radius 1 is 0.867 bits per heavy atom. The van der Waals surface area contributed by atoms with Gasteiger partial charge >= 0.3 is 0 Å².